The number of likely N-dealkylation sites (N-methyl/N-ethyl adjacent to an activating group) is 1. The van der Waals surface area contributed by atoms with E-state index in [-0.39, 0.29) is 90.7 Å². The fourth-order valence-corrected chi connectivity index (χ4v) is 7.14. The van der Waals surface area contributed by atoms with Crippen LogP contribution in [0.25, 0.3) is 11.2 Å². The number of aromatic nitrogens is 4. The molecular formula is C57H98N18O9S. The number of amides is 5. The molecule has 0 bridgehead atoms. The van der Waals surface area contributed by atoms with Gasteiger partial charge in [0.05, 0.1) is 53.4 Å². The molecule has 3 atom stereocenters. The van der Waals surface area contributed by atoms with Crippen LogP contribution in [0.2, 0.25) is 0 Å². The Morgan fingerprint density at radius 3 is 1.99 bits per heavy atom. The molecule has 28 heteroatoms. The van der Waals surface area contributed by atoms with Gasteiger partial charge >= 0.3 is 0 Å². The van der Waals surface area contributed by atoms with E-state index in [2.05, 4.69) is 103 Å². The van der Waals surface area contributed by atoms with Gasteiger partial charge in [0.2, 0.25) is 23.7 Å². The molecule has 85 heavy (non-hydrogen) atoms. The molecule has 1 aliphatic heterocycles. The number of carbonyl (C=O) groups excluding carboxylic acids is 8. The number of aliphatic hydroxyl groups is 1. The predicted octanol–water partition coefficient (Wildman–Crippen LogP) is 4.40. The Bertz CT molecular complexity index is 2610. The summed E-state index contributed by atoms with van der Waals surface area (Å²) < 4.78 is 0. The number of likely N-dealkylation sites (tertiary alicyclic amines) is 1. The van der Waals surface area contributed by atoms with Crippen molar-refractivity contribution in [1.29, 1.82) is 0 Å². The molecule has 1 saturated heterocycles. The number of nitrogens with one attached hydrogen (secondary N) is 7. The molecule has 18 N–H and O–H groups in total. The molecule has 1 fully saturated rings. The average molecular weight is 1210 g/mol. The molecule has 3 heterocycles. The molecule has 476 valence electrons. The van der Waals surface area contributed by atoms with Gasteiger partial charge in [0.25, 0.3) is 11.8 Å². The summed E-state index contributed by atoms with van der Waals surface area (Å²) in [6.45, 7) is 19.5. The van der Waals surface area contributed by atoms with E-state index in [4.69, 9.17) is 33.9 Å². The number of hydrogen-bond acceptors (Lipinski definition) is 23. The number of carbonyl (C=O) groups is 8. The van der Waals surface area contributed by atoms with Crippen molar-refractivity contribution in [3.63, 3.8) is 0 Å². The summed E-state index contributed by atoms with van der Waals surface area (Å²) in [5.41, 5.74) is 29.3. The van der Waals surface area contributed by atoms with Crippen LogP contribution < -0.4 is 66.2 Å². The first-order valence-electron chi connectivity index (χ1n) is 28.5. The van der Waals surface area contributed by atoms with Gasteiger partial charge in [-0.3, -0.25) is 28.9 Å². The Balaban J connectivity index is -0.00000140. The van der Waals surface area contributed by atoms with Crippen molar-refractivity contribution < 1.29 is 43.5 Å². The highest BCUT2D eigenvalue weighted by Gasteiger charge is 2.35. The minimum absolute atomic E-state index is 0.00826. The standard InChI is InChI=1S/C28H35N15O3.C10H15NO3S.C6H12N2O2.C5H12.C3H8.2C2H6.CH4O/c1-34-14-4-6-18(20(9-14)23(30)42-43-33)26(45)35-8-2-3-16(13-44)39-27(46)19-7-5-15(10-21(19)29)36-11-17-12-37-25-22(38-17)24(31)40-28(32)41-25;12-6-4-2-1-3-5-11-9(13)7-8(15)10(11)14;1-5(4-9)8-6(10)3-7-2;1-3-5-4-2;1-3-2;3*1-2/h4-7,9-10,12-13,16,34,36,43H,2-3,8,11,29,33H2,1H3,(H2,30,42)(H,35,45)(H,39,46)(H4,31,32,37,40,41);6,8,15H,1-5,7H2;4-5,7H,3H2,1-2H3,(H,8,10);3-5H2,1-2H3;3H2,1-2H3;2*1-2H3;2H,1H3. The highest BCUT2D eigenvalue weighted by Crippen LogP contribution is 2.21. The fourth-order valence-electron chi connectivity index (χ4n) is 6.85. The maximum Gasteiger partial charge on any atom is 0.253 e. The largest absolute Gasteiger partial charge is 0.400 e. The average Bonchev–Trinajstić information content (AvgIpc) is 4.00. The number of nitrogen functional groups attached to an aromatic ring is 3. The Kier molecular flexibility index (Phi) is 48.1. The first-order chi connectivity index (χ1) is 40.8. The first kappa shape index (κ1) is 81.1. The lowest BCUT2D eigenvalue weighted by atomic mass is 10.0. The van der Waals surface area contributed by atoms with Crippen molar-refractivity contribution in [2.45, 2.75) is 157 Å². The molecule has 1 aliphatic rings. The molecule has 4 aromatic rings. The van der Waals surface area contributed by atoms with E-state index in [1.54, 1.807) is 57.4 Å². The van der Waals surface area contributed by atoms with E-state index in [1.165, 1.54) is 36.8 Å². The molecule has 0 saturated carbocycles. The minimum Gasteiger partial charge on any atom is -0.400 e. The lowest BCUT2D eigenvalue weighted by Gasteiger charge is -2.15. The molecule has 3 unspecified atom stereocenters. The van der Waals surface area contributed by atoms with Crippen LogP contribution >= 0.6 is 12.6 Å². The van der Waals surface area contributed by atoms with E-state index in [0.717, 1.165) is 38.3 Å². The molecule has 0 radical (unpaired) electrons. The number of rotatable bonds is 26. The summed E-state index contributed by atoms with van der Waals surface area (Å²) in [7, 11) is 4.40. The lowest BCUT2D eigenvalue weighted by molar-refractivity contribution is -0.138. The number of anilines is 5. The van der Waals surface area contributed by atoms with Gasteiger partial charge in [0, 0.05) is 62.7 Å². The topological polar surface area (TPSA) is 438 Å². The number of unbranched alkanes of at least 4 members (excludes halogenated alkanes) is 5. The third-order valence-electron chi connectivity index (χ3n) is 10.8. The zero-order valence-corrected chi connectivity index (χ0v) is 52.7. The monoisotopic (exact) mass is 1210 g/mol. The number of thiol groups is 1. The number of nitrogens with two attached hydrogens (primary N) is 5. The van der Waals surface area contributed by atoms with Gasteiger partial charge in [-0.2, -0.15) is 22.6 Å². The number of hydrazone groups is 1. The van der Waals surface area contributed by atoms with Gasteiger partial charge in [-0.15, -0.1) is 5.10 Å². The minimum atomic E-state index is -0.802. The summed E-state index contributed by atoms with van der Waals surface area (Å²) >= 11 is 4.03. The third kappa shape index (κ3) is 33.1. The van der Waals surface area contributed by atoms with Crippen molar-refractivity contribution in [1.82, 2.24) is 51.6 Å². The van der Waals surface area contributed by atoms with Crippen molar-refractivity contribution in [2.75, 3.05) is 68.7 Å². The van der Waals surface area contributed by atoms with Crippen LogP contribution in [0.15, 0.2) is 47.7 Å². The Morgan fingerprint density at radius 2 is 1.46 bits per heavy atom. The van der Waals surface area contributed by atoms with Gasteiger partial charge in [0.15, 0.2) is 22.8 Å². The summed E-state index contributed by atoms with van der Waals surface area (Å²) in [6, 6.07) is 8.60. The van der Waals surface area contributed by atoms with Crippen molar-refractivity contribution in [3.05, 3.63) is 65.0 Å². The number of imide groups is 1. The molecule has 27 nitrogen and oxygen atoms in total. The quantitative estimate of drug-likeness (QED) is 0.00477. The van der Waals surface area contributed by atoms with E-state index in [0.29, 0.717) is 60.0 Å². The van der Waals surface area contributed by atoms with Crippen LogP contribution in [0.5, 0.6) is 0 Å². The SMILES string of the molecule is CC.CC.CCC.CCCCC.CNCC(=O)NC(C)C=O.CNc1ccc(C(=O)NCCCC(C=O)NC(=O)c2ccc(NCc3cnc4nc(N)nc(N)c4n3)cc2N)c(/C(N)=N/NN)c1.CO.O=CCCCCCN1C(=O)CC(S)C1=O. The van der Waals surface area contributed by atoms with E-state index in [9.17, 15) is 38.4 Å². The zero-order chi connectivity index (χ0) is 65.3. The highest BCUT2D eigenvalue weighted by molar-refractivity contribution is 7.81. The first-order valence-corrected chi connectivity index (χ1v) is 29.0. The third-order valence-corrected chi connectivity index (χ3v) is 11.2. The van der Waals surface area contributed by atoms with Crippen LogP contribution in [0.4, 0.5) is 28.8 Å². The number of hydrogen-bond donors (Lipinski definition) is 14. The molecule has 5 rings (SSSR count). The van der Waals surface area contributed by atoms with Gasteiger partial charge in [-0.1, -0.05) is 87.5 Å². The lowest BCUT2D eigenvalue weighted by Crippen LogP contribution is -2.38. The number of aliphatic hydroxyl groups excluding tert-OH is 1. The van der Waals surface area contributed by atoms with E-state index >= 15 is 0 Å². The van der Waals surface area contributed by atoms with E-state index < -0.39 is 23.1 Å². The van der Waals surface area contributed by atoms with E-state index in [1.807, 2.05) is 27.7 Å². The van der Waals surface area contributed by atoms with Crippen LogP contribution in [-0.4, -0.2) is 142 Å². The molecule has 2 aromatic heterocycles. The summed E-state index contributed by atoms with van der Waals surface area (Å²) in [5.74, 6) is 4.01. The second-order valence-electron chi connectivity index (χ2n) is 17.6. The van der Waals surface area contributed by atoms with Crippen molar-refractivity contribution in [2.24, 2.45) is 16.7 Å². The van der Waals surface area contributed by atoms with Crippen LogP contribution in [-0.2, 0) is 35.3 Å². The normalized spacial score (nSPS) is 12.5. The number of amidine groups is 1. The maximum absolute atomic E-state index is 12.9. The summed E-state index contributed by atoms with van der Waals surface area (Å²) in [6.07, 6.45) is 13.0. The van der Waals surface area contributed by atoms with Gasteiger partial charge < -0.3 is 74.3 Å². The molecular weight excluding hydrogens is 1110 g/mol. The number of nitrogens with zero attached hydrogens (tertiary/aromatic N) is 6. The number of aldehydes is 3. The molecule has 2 aromatic carbocycles. The Hall–Kier alpha value is -8.08. The zero-order valence-electron chi connectivity index (χ0n) is 51.8. The van der Waals surface area contributed by atoms with Crippen molar-refractivity contribution >= 4 is 107 Å². The van der Waals surface area contributed by atoms with Gasteiger partial charge in [0.1, 0.15) is 18.9 Å². The maximum atomic E-state index is 12.9. The number of hydrazine groups is 1. The molecule has 5 amide bonds. The smallest absolute Gasteiger partial charge is 0.253 e. The Labute approximate surface area is 507 Å². The van der Waals surface area contributed by atoms with Crippen LogP contribution in [0.1, 0.15) is 165 Å². The number of fused-ring (bicyclic) bond motifs is 1. The van der Waals surface area contributed by atoms with Crippen LogP contribution in [0, 0.1) is 0 Å². The molecule has 0 aliphatic carbocycles. The fraction of sp³-hybridized carbons (Fsp3) is 0.526. The second kappa shape index (κ2) is 50.4. The molecule has 0 spiro atoms. The van der Waals surface area contributed by atoms with Crippen molar-refractivity contribution in [3.8, 4) is 0 Å². The second-order valence-corrected chi connectivity index (χ2v) is 18.2. The highest BCUT2D eigenvalue weighted by atomic mass is 32.1. The number of benzene rings is 2. The Morgan fingerprint density at radius 1 is 0.824 bits per heavy atom. The summed E-state index contributed by atoms with van der Waals surface area (Å²) in [5, 5.41) is 27.0. The van der Waals surface area contributed by atoms with Gasteiger partial charge in [-0.05, 0) is 76.1 Å². The summed E-state index contributed by atoms with van der Waals surface area (Å²) in [4.78, 5) is 109. The van der Waals surface area contributed by atoms with Gasteiger partial charge in [-0.25, -0.2) is 21.3 Å². The van der Waals surface area contributed by atoms with Crippen LogP contribution in [0.3, 0.4) is 0 Å². The predicted molar refractivity (Wildman–Crippen MR) is 343 cm³/mol.